The van der Waals surface area contributed by atoms with E-state index in [1.165, 1.54) is 30.3 Å². The molecule has 0 bridgehead atoms. The van der Waals surface area contributed by atoms with Crippen LogP contribution in [-0.2, 0) is 16.1 Å². The van der Waals surface area contributed by atoms with Crippen molar-refractivity contribution in [3.8, 4) is 11.5 Å². The third-order valence-electron chi connectivity index (χ3n) is 4.81. The van der Waals surface area contributed by atoms with Gasteiger partial charge in [0.25, 0.3) is 0 Å². The molecule has 0 radical (unpaired) electrons. The van der Waals surface area contributed by atoms with Crippen molar-refractivity contribution in [3.63, 3.8) is 0 Å². The largest absolute Gasteiger partial charge is 0.453 e. The number of amides is 2. The smallest absolute Gasteiger partial charge is 0.237 e. The van der Waals surface area contributed by atoms with Crippen molar-refractivity contribution in [1.29, 1.82) is 0 Å². The minimum atomic E-state index is -0.766. The summed E-state index contributed by atoms with van der Waals surface area (Å²) in [6, 6.07) is 7.34. The lowest BCUT2D eigenvalue weighted by molar-refractivity contribution is -0.140. The minimum Gasteiger partial charge on any atom is -0.453 e. The van der Waals surface area contributed by atoms with Crippen molar-refractivity contribution in [2.24, 2.45) is 11.8 Å². The van der Waals surface area contributed by atoms with Gasteiger partial charge in [0, 0.05) is 22.3 Å². The molecule has 1 aliphatic heterocycles. The van der Waals surface area contributed by atoms with Gasteiger partial charge in [-0.1, -0.05) is 53.6 Å². The summed E-state index contributed by atoms with van der Waals surface area (Å²) in [5.74, 6) is -2.61. The first-order chi connectivity index (χ1) is 13.8. The monoisotopic (exact) mass is 432 g/mol. The van der Waals surface area contributed by atoms with Crippen LogP contribution in [0.2, 0.25) is 10.0 Å². The molecule has 2 unspecified atom stereocenters. The number of rotatable bonds is 4. The first kappa shape index (κ1) is 19.5. The number of fused-ring (bicyclic) bond motifs is 1. The maximum Gasteiger partial charge on any atom is 0.237 e. The van der Waals surface area contributed by atoms with Crippen LogP contribution in [0.25, 0.3) is 0 Å². The Morgan fingerprint density at radius 1 is 1.03 bits per heavy atom. The quantitative estimate of drug-likeness (QED) is 0.559. The van der Waals surface area contributed by atoms with E-state index >= 15 is 4.39 Å². The van der Waals surface area contributed by atoms with Crippen LogP contribution in [0.5, 0.6) is 11.5 Å². The molecular weight excluding hydrogens is 418 g/mol. The Kier molecular flexibility index (Phi) is 5.06. The number of imide groups is 1. The van der Waals surface area contributed by atoms with E-state index in [9.17, 15) is 9.59 Å². The summed E-state index contributed by atoms with van der Waals surface area (Å²) in [4.78, 5) is 26.2. The number of carbonyl (C=O) groups excluding carboxylic acids is 2. The zero-order chi connectivity index (χ0) is 20.7. The maximum atomic E-state index is 15.1. The number of ether oxygens (including phenoxy) is 1. The lowest BCUT2D eigenvalue weighted by Crippen LogP contribution is -2.30. The van der Waals surface area contributed by atoms with Gasteiger partial charge in [0.05, 0.1) is 23.4 Å². The van der Waals surface area contributed by atoms with Gasteiger partial charge in [0.2, 0.25) is 11.8 Å². The summed E-state index contributed by atoms with van der Waals surface area (Å²) in [5, 5.41) is 0.355. The molecule has 2 atom stereocenters. The number of benzene rings is 2. The average molecular weight is 433 g/mol. The highest BCUT2D eigenvalue weighted by Crippen LogP contribution is 2.37. The zero-order valence-electron chi connectivity index (χ0n) is 14.9. The second-order valence-corrected chi connectivity index (χ2v) is 7.60. The molecule has 8 heteroatoms. The Morgan fingerprint density at radius 2 is 1.69 bits per heavy atom. The lowest BCUT2D eigenvalue weighted by atomic mass is 9.91. The molecule has 2 aromatic rings. The second kappa shape index (κ2) is 7.54. The summed E-state index contributed by atoms with van der Waals surface area (Å²) < 4.78 is 20.7. The number of allylic oxidation sites excluding steroid dienone is 2. The van der Waals surface area contributed by atoms with Gasteiger partial charge in [-0.05, 0) is 18.2 Å². The standard InChI is InChI=1S/C21H15Cl2FN2O3/c22-12-7-13(25)9-14(8-12)29-19-17(23)6-5-11(18(19)24)10-26-20(27)15-3-1-2-4-16(15)21(26)28/h1-9,15-16H,10,25H2. The van der Waals surface area contributed by atoms with Crippen LogP contribution in [0, 0.1) is 17.7 Å². The van der Waals surface area contributed by atoms with Gasteiger partial charge in [-0.2, -0.15) is 0 Å². The Hall–Kier alpha value is -2.83. The highest BCUT2D eigenvalue weighted by atomic mass is 35.5. The number of hydrogen-bond donors (Lipinski definition) is 1. The van der Waals surface area contributed by atoms with Crippen molar-refractivity contribution in [3.05, 3.63) is 76.1 Å². The van der Waals surface area contributed by atoms with E-state index in [1.807, 2.05) is 0 Å². The van der Waals surface area contributed by atoms with Crippen LogP contribution in [-0.4, -0.2) is 16.7 Å². The summed E-state index contributed by atoms with van der Waals surface area (Å²) >= 11 is 12.1. The molecule has 2 aromatic carbocycles. The minimum absolute atomic E-state index is 0.0309. The normalized spacial score (nSPS) is 20.3. The van der Waals surface area contributed by atoms with Gasteiger partial charge in [-0.15, -0.1) is 0 Å². The van der Waals surface area contributed by atoms with E-state index in [1.54, 1.807) is 24.3 Å². The molecule has 2 N–H and O–H groups in total. The number of carbonyl (C=O) groups is 2. The molecule has 1 fully saturated rings. The molecule has 29 heavy (non-hydrogen) atoms. The highest BCUT2D eigenvalue weighted by Gasteiger charge is 2.45. The number of nitrogens with two attached hydrogens (primary N) is 1. The first-order valence-electron chi connectivity index (χ1n) is 8.76. The summed E-state index contributed by atoms with van der Waals surface area (Å²) in [7, 11) is 0. The number of hydrogen-bond acceptors (Lipinski definition) is 4. The average Bonchev–Trinajstić information content (AvgIpc) is 2.91. The van der Waals surface area contributed by atoms with E-state index in [2.05, 4.69) is 0 Å². The molecule has 1 heterocycles. The fraction of sp³-hybridized carbons (Fsp3) is 0.143. The van der Waals surface area contributed by atoms with E-state index in [4.69, 9.17) is 33.7 Å². The fourth-order valence-corrected chi connectivity index (χ4v) is 3.84. The SMILES string of the molecule is Nc1cc(Cl)cc(Oc2c(Cl)ccc(CN3C(=O)C4C=CC=CC4C3=O)c2F)c1. The molecule has 1 saturated heterocycles. The van der Waals surface area contributed by atoms with Crippen LogP contribution in [0.1, 0.15) is 5.56 Å². The molecule has 0 spiro atoms. The zero-order valence-corrected chi connectivity index (χ0v) is 16.5. The van der Waals surface area contributed by atoms with Crippen LogP contribution in [0.3, 0.4) is 0 Å². The first-order valence-corrected chi connectivity index (χ1v) is 9.52. The van der Waals surface area contributed by atoms with Gasteiger partial charge in [-0.3, -0.25) is 14.5 Å². The number of anilines is 1. The van der Waals surface area contributed by atoms with Gasteiger partial charge in [-0.25, -0.2) is 4.39 Å². The number of nitrogen functional groups attached to an aromatic ring is 1. The van der Waals surface area contributed by atoms with Gasteiger partial charge >= 0.3 is 0 Å². The lowest BCUT2D eigenvalue weighted by Gasteiger charge is -2.17. The number of likely N-dealkylation sites (tertiary alicyclic amines) is 1. The summed E-state index contributed by atoms with van der Waals surface area (Å²) in [5.41, 5.74) is 6.18. The summed E-state index contributed by atoms with van der Waals surface area (Å²) in [6.45, 7) is -0.219. The van der Waals surface area contributed by atoms with Crippen LogP contribution < -0.4 is 10.5 Å². The predicted octanol–water partition coefficient (Wildman–Crippen LogP) is 4.73. The van der Waals surface area contributed by atoms with Gasteiger partial charge in [0.1, 0.15) is 5.75 Å². The fourth-order valence-electron chi connectivity index (χ4n) is 3.42. The maximum absolute atomic E-state index is 15.1. The van der Waals surface area contributed by atoms with E-state index in [0.29, 0.717) is 10.7 Å². The number of halogens is 3. The molecule has 148 valence electrons. The molecule has 0 saturated carbocycles. The van der Waals surface area contributed by atoms with Gasteiger partial charge < -0.3 is 10.5 Å². The Morgan fingerprint density at radius 3 is 2.31 bits per heavy atom. The van der Waals surface area contributed by atoms with E-state index < -0.39 is 17.7 Å². The van der Waals surface area contributed by atoms with Crippen LogP contribution in [0.15, 0.2) is 54.6 Å². The third kappa shape index (κ3) is 3.61. The molecular formula is C21H15Cl2FN2O3. The molecule has 0 aromatic heterocycles. The van der Waals surface area contributed by atoms with E-state index in [0.717, 1.165) is 4.90 Å². The van der Waals surface area contributed by atoms with Crippen molar-refractivity contribution in [2.75, 3.05) is 5.73 Å². The summed E-state index contributed by atoms with van der Waals surface area (Å²) in [6.07, 6.45) is 6.81. The molecule has 2 aliphatic rings. The van der Waals surface area contributed by atoms with Crippen molar-refractivity contribution < 1.29 is 18.7 Å². The Labute approximate surface area is 176 Å². The predicted molar refractivity (Wildman–Crippen MR) is 108 cm³/mol. The topological polar surface area (TPSA) is 72.6 Å². The molecule has 1 aliphatic carbocycles. The third-order valence-corrected chi connectivity index (χ3v) is 5.32. The Balaban J connectivity index is 1.63. The van der Waals surface area contributed by atoms with Crippen molar-refractivity contribution in [2.45, 2.75) is 6.54 Å². The molecule has 2 amide bonds. The van der Waals surface area contributed by atoms with Crippen molar-refractivity contribution >= 4 is 40.7 Å². The molecule has 4 rings (SSSR count). The van der Waals surface area contributed by atoms with Crippen LogP contribution in [0.4, 0.5) is 10.1 Å². The van der Waals surface area contributed by atoms with Crippen LogP contribution >= 0.6 is 23.2 Å². The number of nitrogens with zero attached hydrogens (tertiary/aromatic N) is 1. The molecule has 5 nitrogen and oxygen atoms in total. The Bertz CT molecular complexity index is 1030. The van der Waals surface area contributed by atoms with Gasteiger partial charge in [0.15, 0.2) is 11.6 Å². The van der Waals surface area contributed by atoms with Crippen molar-refractivity contribution in [1.82, 2.24) is 4.90 Å². The van der Waals surface area contributed by atoms with E-state index in [-0.39, 0.29) is 40.4 Å². The second-order valence-electron chi connectivity index (χ2n) is 6.76. The highest BCUT2D eigenvalue weighted by molar-refractivity contribution is 6.32.